The van der Waals surface area contributed by atoms with Gasteiger partial charge in [0.15, 0.2) is 23.2 Å². The molecule has 6 nitrogen and oxygen atoms in total. The van der Waals surface area contributed by atoms with Crippen LogP contribution in [0.5, 0.6) is 17.2 Å². The molecule has 5 rings (SSSR count). The molecule has 3 aromatic rings. The van der Waals surface area contributed by atoms with Crippen LogP contribution in [-0.2, 0) is 0 Å². The van der Waals surface area contributed by atoms with Gasteiger partial charge in [0, 0.05) is 29.5 Å². The maximum atomic E-state index is 14.2. The van der Waals surface area contributed by atoms with Crippen LogP contribution in [-0.4, -0.2) is 23.7 Å². The Labute approximate surface area is 179 Å². The molecule has 1 aromatic heterocycles. The second kappa shape index (κ2) is 7.70. The van der Waals surface area contributed by atoms with E-state index in [-0.39, 0.29) is 47.1 Å². The zero-order valence-corrected chi connectivity index (χ0v) is 16.2. The van der Waals surface area contributed by atoms with Crippen LogP contribution in [0.25, 0.3) is 0 Å². The summed E-state index contributed by atoms with van der Waals surface area (Å²) in [5.41, 5.74) is 0.142. The highest BCUT2D eigenvalue weighted by Gasteiger charge is 2.57. The van der Waals surface area contributed by atoms with Crippen molar-refractivity contribution in [3.05, 3.63) is 77.5 Å². The molecule has 3 unspecified atom stereocenters. The first kappa shape index (κ1) is 20.1. The molecule has 164 valence electrons. The van der Waals surface area contributed by atoms with Crippen molar-refractivity contribution in [2.24, 2.45) is 5.92 Å². The fourth-order valence-electron chi connectivity index (χ4n) is 3.85. The number of fused-ring (bicyclic) bond motifs is 3. The monoisotopic (exact) mass is 445 g/mol. The smallest absolute Gasteiger partial charge is 0.320 e. The Morgan fingerprint density at radius 1 is 0.969 bits per heavy atom. The molecule has 10 heteroatoms. The van der Waals surface area contributed by atoms with Gasteiger partial charge in [-0.25, -0.2) is 27.3 Å². The summed E-state index contributed by atoms with van der Waals surface area (Å²) in [5, 5.41) is 5.28. The quantitative estimate of drug-likeness (QED) is 0.570. The Hall–Kier alpha value is -3.82. The number of hydrogen-bond acceptors (Lipinski definition) is 4. The fourth-order valence-corrected chi connectivity index (χ4v) is 3.85. The number of amides is 2. The van der Waals surface area contributed by atoms with E-state index >= 15 is 0 Å². The molecular formula is C22H15F4N3O3. The number of hydrogen-bond donors (Lipinski definition) is 2. The van der Waals surface area contributed by atoms with Gasteiger partial charge in [-0.2, -0.15) is 0 Å². The van der Waals surface area contributed by atoms with E-state index in [0.29, 0.717) is 0 Å². The molecule has 3 atom stereocenters. The number of carbonyl (C=O) groups is 1. The van der Waals surface area contributed by atoms with Gasteiger partial charge in [-0.3, -0.25) is 5.32 Å². The predicted octanol–water partition coefficient (Wildman–Crippen LogP) is 4.73. The minimum Gasteiger partial charge on any atom is -0.490 e. The van der Waals surface area contributed by atoms with Crippen LogP contribution < -0.4 is 20.1 Å². The van der Waals surface area contributed by atoms with Gasteiger partial charge in [-0.05, 0) is 36.4 Å². The highest BCUT2D eigenvalue weighted by atomic mass is 19.2. The second-order valence-corrected chi connectivity index (χ2v) is 7.45. The van der Waals surface area contributed by atoms with Crippen LogP contribution in [0.1, 0.15) is 11.5 Å². The predicted molar refractivity (Wildman–Crippen MR) is 105 cm³/mol. The molecule has 1 fully saturated rings. The van der Waals surface area contributed by atoms with E-state index < -0.39 is 35.3 Å². The van der Waals surface area contributed by atoms with Gasteiger partial charge in [0.25, 0.3) is 0 Å². The van der Waals surface area contributed by atoms with Crippen LogP contribution in [0.4, 0.5) is 28.2 Å². The summed E-state index contributed by atoms with van der Waals surface area (Å²) >= 11 is 0. The lowest BCUT2D eigenvalue weighted by Crippen LogP contribution is -2.32. The van der Waals surface area contributed by atoms with Gasteiger partial charge in [-0.15, -0.1) is 0 Å². The average molecular weight is 445 g/mol. The minimum absolute atomic E-state index is 0.0895. The van der Waals surface area contributed by atoms with Crippen molar-refractivity contribution in [1.29, 1.82) is 0 Å². The number of pyridine rings is 1. The summed E-state index contributed by atoms with van der Waals surface area (Å²) in [4.78, 5) is 16.4. The maximum absolute atomic E-state index is 14.2. The Morgan fingerprint density at radius 3 is 2.47 bits per heavy atom. The number of rotatable bonds is 4. The van der Waals surface area contributed by atoms with Crippen LogP contribution in [0, 0.1) is 29.2 Å². The number of halogens is 4. The highest BCUT2D eigenvalue weighted by Crippen LogP contribution is 2.55. The maximum Gasteiger partial charge on any atom is 0.320 e. The molecular weight excluding hydrogens is 430 g/mol. The summed E-state index contributed by atoms with van der Waals surface area (Å²) in [7, 11) is 0. The lowest BCUT2D eigenvalue weighted by molar-refractivity contribution is 0.247. The van der Waals surface area contributed by atoms with Crippen LogP contribution in [0.2, 0.25) is 0 Å². The first-order chi connectivity index (χ1) is 15.4. The van der Waals surface area contributed by atoms with Crippen molar-refractivity contribution >= 4 is 11.8 Å². The third-order valence-corrected chi connectivity index (χ3v) is 5.42. The number of nitrogens with one attached hydrogen (secondary N) is 2. The van der Waals surface area contributed by atoms with Crippen molar-refractivity contribution in [1.82, 2.24) is 10.3 Å². The first-order valence-corrected chi connectivity index (χ1v) is 9.68. The molecule has 2 aliphatic rings. The number of aromatic nitrogens is 1. The Balaban J connectivity index is 1.20. The molecule has 1 saturated carbocycles. The molecule has 2 aromatic carbocycles. The zero-order valence-electron chi connectivity index (χ0n) is 16.2. The molecule has 32 heavy (non-hydrogen) atoms. The second-order valence-electron chi connectivity index (χ2n) is 7.45. The molecule has 2 heterocycles. The van der Waals surface area contributed by atoms with Crippen molar-refractivity contribution < 1.29 is 31.8 Å². The van der Waals surface area contributed by atoms with E-state index in [1.54, 1.807) is 0 Å². The number of carbonyl (C=O) groups excluding carboxylic acids is 1. The first-order valence-electron chi connectivity index (χ1n) is 9.68. The molecule has 2 N–H and O–H groups in total. The Bertz CT molecular complexity index is 1210. The van der Waals surface area contributed by atoms with Gasteiger partial charge >= 0.3 is 6.03 Å². The molecule has 0 saturated heterocycles. The molecule has 2 amide bonds. The fraction of sp³-hybridized carbons (Fsp3) is 0.182. The van der Waals surface area contributed by atoms with Crippen molar-refractivity contribution in [2.45, 2.75) is 12.0 Å². The van der Waals surface area contributed by atoms with Crippen LogP contribution in [0.15, 0.2) is 48.7 Å². The number of ether oxygens (including phenoxy) is 2. The van der Waals surface area contributed by atoms with Crippen LogP contribution in [0.3, 0.4) is 0 Å². The van der Waals surface area contributed by atoms with Gasteiger partial charge < -0.3 is 14.8 Å². The summed E-state index contributed by atoms with van der Waals surface area (Å²) < 4.78 is 65.0. The van der Waals surface area contributed by atoms with E-state index in [1.807, 2.05) is 0 Å². The molecule has 1 aliphatic carbocycles. The van der Waals surface area contributed by atoms with Crippen molar-refractivity contribution in [3.8, 4) is 17.2 Å². The third-order valence-electron chi connectivity index (χ3n) is 5.42. The zero-order chi connectivity index (χ0) is 22.4. The topological polar surface area (TPSA) is 72.5 Å². The molecule has 0 spiro atoms. The van der Waals surface area contributed by atoms with E-state index in [1.165, 1.54) is 24.4 Å². The lowest BCUT2D eigenvalue weighted by Gasteiger charge is -2.16. The van der Waals surface area contributed by atoms with Gasteiger partial charge in [0.05, 0.1) is 12.8 Å². The van der Waals surface area contributed by atoms with E-state index in [4.69, 9.17) is 9.47 Å². The van der Waals surface area contributed by atoms with Gasteiger partial charge in [0.2, 0.25) is 0 Å². The number of benzene rings is 2. The molecule has 0 radical (unpaired) electrons. The summed E-state index contributed by atoms with van der Waals surface area (Å²) in [6.45, 7) is 0.178. The Morgan fingerprint density at radius 2 is 1.72 bits per heavy atom. The van der Waals surface area contributed by atoms with E-state index in [9.17, 15) is 22.4 Å². The van der Waals surface area contributed by atoms with Crippen molar-refractivity contribution in [2.75, 3.05) is 11.9 Å². The Kier molecular flexibility index (Phi) is 4.84. The number of anilines is 1. The summed E-state index contributed by atoms with van der Waals surface area (Å²) in [6.07, 6.45) is 1.30. The standard InChI is InChI=1S/C22H15F4N3O3/c23-13-3-1-10(7-16(13)26)32-11-2-6-17(27-8-11)28-22(30)29-20-12-9-31-21-15(25)5-4-14(24)19(21)18(12)20/h1-8,12,18,20H,9H2,(H2,27,28,29,30). The minimum atomic E-state index is -1.04. The van der Waals surface area contributed by atoms with Gasteiger partial charge in [0.1, 0.15) is 23.1 Å². The molecule has 1 aliphatic heterocycles. The highest BCUT2D eigenvalue weighted by molar-refractivity contribution is 5.89. The normalized spacial score (nSPS) is 20.4. The van der Waals surface area contributed by atoms with Crippen molar-refractivity contribution in [3.63, 3.8) is 0 Å². The van der Waals surface area contributed by atoms with E-state index in [0.717, 1.165) is 24.3 Å². The number of nitrogens with zero attached hydrogens (tertiary/aromatic N) is 1. The number of urea groups is 1. The SMILES string of the molecule is O=C(Nc1ccc(Oc2ccc(F)c(F)c2)cn1)NC1C2COc3c(F)ccc(F)c3C21. The van der Waals surface area contributed by atoms with Crippen LogP contribution >= 0.6 is 0 Å². The summed E-state index contributed by atoms with van der Waals surface area (Å²) in [5.74, 6) is -3.30. The third kappa shape index (κ3) is 3.68. The summed E-state index contributed by atoms with van der Waals surface area (Å²) in [6, 6.07) is 7.15. The van der Waals surface area contributed by atoms with Gasteiger partial charge in [-0.1, -0.05) is 0 Å². The lowest BCUT2D eigenvalue weighted by atomic mass is 10.0. The van der Waals surface area contributed by atoms with E-state index in [2.05, 4.69) is 15.6 Å². The largest absolute Gasteiger partial charge is 0.490 e. The molecule has 0 bridgehead atoms. The average Bonchev–Trinajstić information content (AvgIpc) is 3.47.